The van der Waals surface area contributed by atoms with Crippen LogP contribution in [0.15, 0.2) is 54.6 Å². The average Bonchev–Trinajstić information content (AvgIpc) is 2.73. The van der Waals surface area contributed by atoms with Gasteiger partial charge in [-0.15, -0.1) is 0 Å². The summed E-state index contributed by atoms with van der Waals surface area (Å²) in [5, 5.41) is 2.85. The summed E-state index contributed by atoms with van der Waals surface area (Å²) in [4.78, 5) is 29.1. The first-order chi connectivity index (χ1) is 13.6. The fourth-order valence-corrected chi connectivity index (χ4v) is 4.30. The second-order valence-corrected chi connectivity index (χ2v) is 7.83. The number of amides is 2. The molecule has 0 aromatic heterocycles. The van der Waals surface area contributed by atoms with Crippen molar-refractivity contribution >= 4 is 23.2 Å². The van der Waals surface area contributed by atoms with Crippen LogP contribution in [0.4, 0.5) is 11.4 Å². The molecule has 0 saturated carbocycles. The Morgan fingerprint density at radius 2 is 1.75 bits per heavy atom. The topological polar surface area (TPSA) is 52.7 Å². The van der Waals surface area contributed by atoms with Gasteiger partial charge in [0.15, 0.2) is 0 Å². The van der Waals surface area contributed by atoms with Crippen molar-refractivity contribution in [3.63, 3.8) is 0 Å². The molecule has 2 aliphatic heterocycles. The zero-order chi connectivity index (χ0) is 19.5. The third-order valence-corrected chi connectivity index (χ3v) is 5.96. The van der Waals surface area contributed by atoms with E-state index in [2.05, 4.69) is 40.5 Å². The number of nitrogens with one attached hydrogen (secondary N) is 1. The maximum atomic E-state index is 13.2. The number of carbonyl (C=O) groups excluding carboxylic acids is 2. The second-order valence-electron chi connectivity index (χ2n) is 7.83. The van der Waals surface area contributed by atoms with Gasteiger partial charge >= 0.3 is 0 Å². The van der Waals surface area contributed by atoms with Gasteiger partial charge in [-0.25, -0.2) is 0 Å². The van der Waals surface area contributed by atoms with Crippen LogP contribution in [0.1, 0.15) is 25.3 Å². The largest absolute Gasteiger partial charge is 0.323 e. The number of para-hydroxylation sites is 2. The zero-order valence-electron chi connectivity index (χ0n) is 16.3. The molecule has 5 heteroatoms. The number of piperidine rings is 1. The van der Waals surface area contributed by atoms with Crippen molar-refractivity contribution in [3.8, 4) is 0 Å². The molecule has 0 aliphatic carbocycles. The lowest BCUT2D eigenvalue weighted by Crippen LogP contribution is -2.52. The maximum Gasteiger partial charge on any atom is 0.244 e. The van der Waals surface area contributed by atoms with Crippen LogP contribution in [0.3, 0.4) is 0 Å². The van der Waals surface area contributed by atoms with E-state index < -0.39 is 0 Å². The Hall–Kier alpha value is -2.66. The first-order valence-corrected chi connectivity index (χ1v) is 10.1. The number of likely N-dealkylation sites (tertiary alicyclic amines) is 1. The number of rotatable bonds is 4. The van der Waals surface area contributed by atoms with E-state index in [1.54, 1.807) is 4.90 Å². The number of anilines is 2. The number of benzene rings is 2. The molecule has 0 spiro atoms. The van der Waals surface area contributed by atoms with Crippen LogP contribution in [0.5, 0.6) is 0 Å². The first-order valence-electron chi connectivity index (χ1n) is 10.1. The molecule has 1 saturated heterocycles. The molecule has 2 aromatic carbocycles. The van der Waals surface area contributed by atoms with Crippen molar-refractivity contribution in [2.24, 2.45) is 5.92 Å². The van der Waals surface area contributed by atoms with Crippen molar-refractivity contribution in [1.29, 1.82) is 0 Å². The van der Waals surface area contributed by atoms with Crippen LogP contribution < -0.4 is 10.2 Å². The van der Waals surface area contributed by atoms with Gasteiger partial charge < -0.3 is 5.32 Å². The van der Waals surface area contributed by atoms with Gasteiger partial charge in [0, 0.05) is 0 Å². The van der Waals surface area contributed by atoms with Gasteiger partial charge in [-0.3, -0.25) is 19.4 Å². The van der Waals surface area contributed by atoms with E-state index in [0.29, 0.717) is 11.6 Å². The molecule has 1 unspecified atom stereocenters. The maximum absolute atomic E-state index is 13.2. The Balaban J connectivity index is 1.38. The van der Waals surface area contributed by atoms with Crippen LogP contribution in [-0.4, -0.2) is 42.4 Å². The first kappa shape index (κ1) is 18.7. The summed E-state index contributed by atoms with van der Waals surface area (Å²) in [6, 6.07) is 17.9. The van der Waals surface area contributed by atoms with Gasteiger partial charge in [-0.05, 0) is 62.9 Å². The Labute approximate surface area is 166 Å². The number of nitrogens with zero attached hydrogens (tertiary/aromatic N) is 2. The molecule has 5 nitrogen and oxygen atoms in total. The predicted octanol–water partition coefficient (Wildman–Crippen LogP) is 3.31. The quantitative estimate of drug-likeness (QED) is 0.889. The van der Waals surface area contributed by atoms with Crippen LogP contribution in [0.25, 0.3) is 0 Å². The predicted molar refractivity (Wildman–Crippen MR) is 111 cm³/mol. The van der Waals surface area contributed by atoms with E-state index in [1.165, 1.54) is 5.56 Å². The lowest BCUT2D eigenvalue weighted by atomic mass is 9.89. The van der Waals surface area contributed by atoms with Crippen LogP contribution >= 0.6 is 0 Å². The van der Waals surface area contributed by atoms with Crippen molar-refractivity contribution in [2.75, 3.05) is 29.9 Å². The number of hydrogen-bond donors (Lipinski definition) is 1. The third-order valence-electron chi connectivity index (χ3n) is 5.96. The molecule has 1 N–H and O–H groups in total. The molecular weight excluding hydrogens is 350 g/mol. The number of carbonyl (C=O) groups is 2. The highest BCUT2D eigenvalue weighted by atomic mass is 16.2. The molecule has 2 aliphatic rings. The summed E-state index contributed by atoms with van der Waals surface area (Å²) >= 11 is 0. The van der Waals surface area contributed by atoms with Crippen molar-refractivity contribution in [2.45, 2.75) is 32.2 Å². The van der Waals surface area contributed by atoms with Gasteiger partial charge in [0.05, 0.1) is 17.4 Å². The Bertz CT molecular complexity index is 844. The standard InChI is InChI=1S/C23H27N3O2/c1-17(23(28)26-16-22(27)24-20-9-5-6-10-21(20)26)25-13-11-19(12-14-25)15-18-7-3-2-4-8-18/h2-10,17,19H,11-16H2,1H3,(H,24,27). The molecular formula is C23H27N3O2. The van der Waals surface area contributed by atoms with E-state index >= 15 is 0 Å². The third kappa shape index (κ3) is 3.94. The van der Waals surface area contributed by atoms with Crippen molar-refractivity contribution in [3.05, 3.63) is 60.2 Å². The molecule has 4 rings (SSSR count). The molecule has 2 amide bonds. The molecule has 1 fully saturated rings. The minimum Gasteiger partial charge on any atom is -0.323 e. The molecule has 2 aromatic rings. The van der Waals surface area contributed by atoms with E-state index in [0.717, 1.165) is 38.0 Å². The lowest BCUT2D eigenvalue weighted by Gasteiger charge is -2.38. The van der Waals surface area contributed by atoms with E-state index in [9.17, 15) is 9.59 Å². The Kier molecular flexibility index (Phi) is 5.44. The van der Waals surface area contributed by atoms with E-state index in [1.807, 2.05) is 31.2 Å². The molecule has 28 heavy (non-hydrogen) atoms. The summed E-state index contributed by atoms with van der Waals surface area (Å²) in [5.41, 5.74) is 2.89. The summed E-state index contributed by atoms with van der Waals surface area (Å²) in [6.45, 7) is 3.90. The highest BCUT2D eigenvalue weighted by Gasteiger charge is 2.33. The Morgan fingerprint density at radius 3 is 2.50 bits per heavy atom. The number of fused-ring (bicyclic) bond motifs is 1. The highest BCUT2D eigenvalue weighted by molar-refractivity contribution is 6.11. The molecule has 0 radical (unpaired) electrons. The van der Waals surface area contributed by atoms with Crippen LogP contribution in [0.2, 0.25) is 0 Å². The molecule has 2 heterocycles. The van der Waals surface area contributed by atoms with Gasteiger partial charge in [-0.1, -0.05) is 42.5 Å². The van der Waals surface area contributed by atoms with Crippen molar-refractivity contribution in [1.82, 2.24) is 4.90 Å². The fourth-order valence-electron chi connectivity index (χ4n) is 4.30. The van der Waals surface area contributed by atoms with E-state index in [-0.39, 0.29) is 24.4 Å². The van der Waals surface area contributed by atoms with Gasteiger partial charge in [0.2, 0.25) is 11.8 Å². The minimum atomic E-state index is -0.225. The number of hydrogen-bond acceptors (Lipinski definition) is 3. The molecule has 0 bridgehead atoms. The SMILES string of the molecule is CC(C(=O)N1CC(=O)Nc2ccccc21)N1CCC(Cc2ccccc2)CC1. The normalized spacial score (nSPS) is 19.0. The monoisotopic (exact) mass is 377 g/mol. The fraction of sp³-hybridized carbons (Fsp3) is 0.391. The summed E-state index contributed by atoms with van der Waals surface area (Å²) in [7, 11) is 0. The summed E-state index contributed by atoms with van der Waals surface area (Å²) in [5.74, 6) is 0.534. The summed E-state index contributed by atoms with van der Waals surface area (Å²) in [6.07, 6.45) is 3.31. The van der Waals surface area contributed by atoms with Gasteiger partial charge in [0.1, 0.15) is 6.54 Å². The average molecular weight is 377 g/mol. The smallest absolute Gasteiger partial charge is 0.244 e. The van der Waals surface area contributed by atoms with Gasteiger partial charge in [-0.2, -0.15) is 0 Å². The summed E-state index contributed by atoms with van der Waals surface area (Å²) < 4.78 is 0. The minimum absolute atomic E-state index is 0.00353. The Morgan fingerprint density at radius 1 is 1.07 bits per heavy atom. The van der Waals surface area contributed by atoms with Crippen LogP contribution in [-0.2, 0) is 16.0 Å². The van der Waals surface area contributed by atoms with Crippen LogP contribution in [0, 0.1) is 5.92 Å². The second kappa shape index (κ2) is 8.15. The van der Waals surface area contributed by atoms with E-state index in [4.69, 9.17) is 0 Å². The zero-order valence-corrected chi connectivity index (χ0v) is 16.3. The lowest BCUT2D eigenvalue weighted by molar-refractivity contribution is -0.125. The van der Waals surface area contributed by atoms with Gasteiger partial charge in [0.25, 0.3) is 0 Å². The highest BCUT2D eigenvalue weighted by Crippen LogP contribution is 2.30. The van der Waals surface area contributed by atoms with Crippen molar-refractivity contribution < 1.29 is 9.59 Å². The molecule has 146 valence electrons. The molecule has 1 atom stereocenters.